The topological polar surface area (TPSA) is 180 Å². The first kappa shape index (κ1) is 34.5. The lowest BCUT2D eigenvalue weighted by Gasteiger charge is -2.20. The number of benzene rings is 2. The molecule has 0 bridgehead atoms. The molecule has 0 unspecified atom stereocenters. The highest BCUT2D eigenvalue weighted by Gasteiger charge is 2.26. The Labute approximate surface area is 240 Å². The molecule has 0 fully saturated rings. The second kappa shape index (κ2) is 18.0. The van der Waals surface area contributed by atoms with Crippen molar-refractivity contribution in [3.05, 3.63) is 64.2 Å². The van der Waals surface area contributed by atoms with Crippen LogP contribution in [-0.2, 0) is 20.9 Å². The van der Waals surface area contributed by atoms with Gasteiger partial charge in [0.05, 0.1) is 4.92 Å². The first-order chi connectivity index (χ1) is 19.5. The van der Waals surface area contributed by atoms with E-state index >= 15 is 0 Å². The SMILES string of the molecule is CC.CC(C)[C@H](C)C(=O)C[C@@H](CCCNC(N)=O)C(=O)Nc1ccc(COC(=O)Oc2ccc([N+](=O)[O-])cc2)cc1. The summed E-state index contributed by atoms with van der Waals surface area (Å²) in [5.41, 5.74) is 6.08. The van der Waals surface area contributed by atoms with Gasteiger partial charge in [-0.3, -0.25) is 19.7 Å². The molecule has 0 aliphatic rings. The Morgan fingerprint density at radius 1 is 0.976 bits per heavy atom. The molecule has 224 valence electrons. The maximum atomic E-state index is 13.0. The lowest BCUT2D eigenvalue weighted by molar-refractivity contribution is -0.384. The van der Waals surface area contributed by atoms with Gasteiger partial charge in [-0.15, -0.1) is 0 Å². The minimum absolute atomic E-state index is 0.00104. The summed E-state index contributed by atoms with van der Waals surface area (Å²) in [6.07, 6.45) is -0.0118. The average Bonchev–Trinajstić information content (AvgIpc) is 2.94. The summed E-state index contributed by atoms with van der Waals surface area (Å²) in [6, 6.07) is 10.9. The predicted molar refractivity (Wildman–Crippen MR) is 154 cm³/mol. The highest BCUT2D eigenvalue weighted by atomic mass is 16.7. The van der Waals surface area contributed by atoms with Crippen molar-refractivity contribution in [2.75, 3.05) is 11.9 Å². The molecule has 0 radical (unpaired) electrons. The number of rotatable bonds is 14. The van der Waals surface area contributed by atoms with Crippen LogP contribution in [0.4, 0.5) is 21.0 Å². The van der Waals surface area contributed by atoms with Gasteiger partial charge in [0.1, 0.15) is 18.1 Å². The van der Waals surface area contributed by atoms with Crippen LogP contribution in [-0.4, -0.2) is 35.3 Å². The van der Waals surface area contributed by atoms with E-state index in [-0.39, 0.29) is 48.0 Å². The van der Waals surface area contributed by atoms with Crippen LogP contribution in [0.3, 0.4) is 0 Å². The molecule has 3 amide bonds. The van der Waals surface area contributed by atoms with Crippen molar-refractivity contribution in [3.63, 3.8) is 0 Å². The molecule has 2 aromatic rings. The van der Waals surface area contributed by atoms with Gasteiger partial charge in [-0.1, -0.05) is 46.8 Å². The number of Topliss-reactive ketones (excluding diaryl/α,β-unsaturated/α-hetero) is 1. The van der Waals surface area contributed by atoms with Gasteiger partial charge < -0.3 is 25.8 Å². The number of ether oxygens (including phenoxy) is 2. The van der Waals surface area contributed by atoms with Crippen molar-refractivity contribution in [1.82, 2.24) is 5.32 Å². The summed E-state index contributed by atoms with van der Waals surface area (Å²) in [5.74, 6) is -0.819. The van der Waals surface area contributed by atoms with Crippen molar-refractivity contribution in [3.8, 4) is 5.75 Å². The number of anilines is 1. The van der Waals surface area contributed by atoms with Crippen molar-refractivity contribution < 1.29 is 33.6 Å². The Bertz CT molecular complexity index is 1150. The number of nitrogens with zero attached hydrogens (tertiary/aromatic N) is 1. The van der Waals surface area contributed by atoms with Gasteiger partial charge in [0.2, 0.25) is 5.91 Å². The number of hydrogen-bond donors (Lipinski definition) is 3. The number of nitrogens with one attached hydrogen (secondary N) is 2. The number of carbonyl (C=O) groups excluding carboxylic acids is 4. The third-order valence-corrected chi connectivity index (χ3v) is 6.18. The average molecular weight is 573 g/mol. The molecule has 0 saturated carbocycles. The zero-order valence-electron chi connectivity index (χ0n) is 24.2. The molecule has 2 aromatic carbocycles. The van der Waals surface area contributed by atoms with E-state index in [4.69, 9.17) is 15.2 Å². The highest BCUT2D eigenvalue weighted by Crippen LogP contribution is 2.22. The quantitative estimate of drug-likeness (QED) is 0.0861. The van der Waals surface area contributed by atoms with E-state index in [1.807, 2.05) is 34.6 Å². The van der Waals surface area contributed by atoms with Crippen molar-refractivity contribution in [2.45, 2.75) is 60.5 Å². The van der Waals surface area contributed by atoms with Gasteiger partial charge in [0, 0.05) is 42.6 Å². The minimum Gasteiger partial charge on any atom is -0.429 e. The molecule has 0 aromatic heterocycles. The zero-order valence-corrected chi connectivity index (χ0v) is 24.2. The number of carbonyl (C=O) groups is 4. The highest BCUT2D eigenvalue weighted by molar-refractivity contribution is 5.95. The maximum absolute atomic E-state index is 13.0. The third kappa shape index (κ3) is 12.9. The van der Waals surface area contributed by atoms with E-state index in [0.29, 0.717) is 30.6 Å². The second-order valence-electron chi connectivity index (χ2n) is 9.41. The van der Waals surface area contributed by atoms with Crippen LogP contribution in [0.1, 0.15) is 59.4 Å². The van der Waals surface area contributed by atoms with Gasteiger partial charge in [0.15, 0.2) is 0 Å². The largest absolute Gasteiger partial charge is 0.514 e. The van der Waals surface area contributed by atoms with Crippen LogP contribution in [0.15, 0.2) is 48.5 Å². The monoisotopic (exact) mass is 572 g/mol. The summed E-state index contributed by atoms with van der Waals surface area (Å²) >= 11 is 0. The molecule has 0 spiro atoms. The Balaban J connectivity index is 0.00000411. The van der Waals surface area contributed by atoms with Gasteiger partial charge in [-0.25, -0.2) is 9.59 Å². The number of nitrogens with two attached hydrogens (primary N) is 1. The molecule has 2 rings (SSSR count). The maximum Gasteiger partial charge on any atom is 0.514 e. The second-order valence-corrected chi connectivity index (χ2v) is 9.41. The lowest BCUT2D eigenvalue weighted by Crippen LogP contribution is -2.32. The number of urea groups is 1. The molecule has 0 heterocycles. The Hall–Kier alpha value is -4.48. The lowest BCUT2D eigenvalue weighted by atomic mass is 9.86. The zero-order chi connectivity index (χ0) is 30.9. The molecule has 12 heteroatoms. The Morgan fingerprint density at radius 3 is 2.12 bits per heavy atom. The van der Waals surface area contributed by atoms with E-state index < -0.39 is 23.0 Å². The van der Waals surface area contributed by atoms with E-state index in [1.54, 1.807) is 24.3 Å². The van der Waals surface area contributed by atoms with Gasteiger partial charge in [0.25, 0.3) is 5.69 Å². The summed E-state index contributed by atoms with van der Waals surface area (Å²) in [5, 5.41) is 16.0. The van der Waals surface area contributed by atoms with Crippen LogP contribution in [0.25, 0.3) is 0 Å². The fraction of sp³-hybridized carbons (Fsp3) is 0.448. The number of primary amides is 1. The molecule has 4 N–H and O–H groups in total. The number of nitro benzene ring substituents is 1. The number of ketones is 1. The van der Waals surface area contributed by atoms with Crippen LogP contribution in [0, 0.1) is 27.9 Å². The molecular formula is C29H40N4O8. The van der Waals surface area contributed by atoms with Crippen LogP contribution in [0.2, 0.25) is 0 Å². The molecule has 0 saturated heterocycles. The standard InChI is InChI=1S/C27H34N4O8.C2H6/c1-17(2)18(3)24(32)15-20(5-4-14-29-26(28)34)25(33)30-21-8-6-19(7-9-21)16-38-27(35)39-23-12-10-22(11-13-23)31(36)37;1-2/h6-13,17-18,20H,4-5,14-16H2,1-3H3,(H,30,33)(H3,28,29,34);1-2H3/t18-,20+;/m0./s1. The predicted octanol–water partition coefficient (Wildman–Crippen LogP) is 5.59. The van der Waals surface area contributed by atoms with Crippen molar-refractivity contribution >= 4 is 35.3 Å². The molecule has 41 heavy (non-hydrogen) atoms. The van der Waals surface area contributed by atoms with Crippen LogP contribution in [0.5, 0.6) is 5.75 Å². The molecule has 0 aliphatic heterocycles. The van der Waals surface area contributed by atoms with E-state index in [1.165, 1.54) is 24.3 Å². The summed E-state index contributed by atoms with van der Waals surface area (Å²) in [6.45, 7) is 9.95. The Morgan fingerprint density at radius 2 is 1.59 bits per heavy atom. The first-order valence-electron chi connectivity index (χ1n) is 13.5. The van der Waals surface area contributed by atoms with E-state index in [9.17, 15) is 29.3 Å². The normalized spacial score (nSPS) is 11.8. The molecular weight excluding hydrogens is 532 g/mol. The number of amides is 3. The number of hydrogen-bond acceptors (Lipinski definition) is 8. The van der Waals surface area contributed by atoms with Crippen LogP contribution < -0.4 is 21.1 Å². The summed E-state index contributed by atoms with van der Waals surface area (Å²) in [7, 11) is 0. The molecule has 12 nitrogen and oxygen atoms in total. The van der Waals surface area contributed by atoms with Crippen molar-refractivity contribution in [2.24, 2.45) is 23.5 Å². The van der Waals surface area contributed by atoms with Gasteiger partial charge in [-0.05, 0) is 48.6 Å². The smallest absolute Gasteiger partial charge is 0.429 e. The minimum atomic E-state index is -0.977. The summed E-state index contributed by atoms with van der Waals surface area (Å²) < 4.78 is 10.1. The third-order valence-electron chi connectivity index (χ3n) is 6.18. The molecule has 2 atom stereocenters. The van der Waals surface area contributed by atoms with Crippen LogP contribution >= 0.6 is 0 Å². The number of non-ortho nitro benzene ring substituents is 1. The van der Waals surface area contributed by atoms with Crippen molar-refractivity contribution in [1.29, 1.82) is 0 Å². The first-order valence-corrected chi connectivity index (χ1v) is 13.5. The summed E-state index contributed by atoms with van der Waals surface area (Å²) in [4.78, 5) is 58.6. The van der Waals surface area contributed by atoms with E-state index in [0.717, 1.165) is 0 Å². The van der Waals surface area contributed by atoms with E-state index in [2.05, 4.69) is 10.6 Å². The fourth-order valence-electron chi connectivity index (χ4n) is 3.52. The Kier molecular flexibility index (Phi) is 15.1. The number of nitro groups is 1. The molecule has 0 aliphatic carbocycles. The van der Waals surface area contributed by atoms with Gasteiger partial charge >= 0.3 is 12.2 Å². The fourth-order valence-corrected chi connectivity index (χ4v) is 3.52. The van der Waals surface area contributed by atoms with Gasteiger partial charge in [-0.2, -0.15) is 0 Å².